The molecule has 1 aliphatic heterocycles. The Balaban J connectivity index is 0.000000924. The Kier molecular flexibility index (Phi) is 8.88. The van der Waals surface area contributed by atoms with Crippen molar-refractivity contribution in [3.8, 4) is 22.3 Å². The lowest BCUT2D eigenvalue weighted by molar-refractivity contribution is 0.590. The van der Waals surface area contributed by atoms with E-state index in [4.69, 9.17) is 4.99 Å². The second-order valence-electron chi connectivity index (χ2n) is 12.2. The second-order valence-corrected chi connectivity index (χ2v) is 12.2. The van der Waals surface area contributed by atoms with Crippen molar-refractivity contribution in [2.75, 3.05) is 0 Å². The van der Waals surface area contributed by atoms with Crippen molar-refractivity contribution in [2.45, 2.75) is 66.3 Å². The minimum Gasteiger partial charge on any atom is -0.278 e. The normalized spacial score (nSPS) is 15.6. The van der Waals surface area contributed by atoms with Gasteiger partial charge in [0.2, 0.25) is 0 Å². The number of rotatable bonds is 3. The Labute approximate surface area is 264 Å². The standard InChI is InChI=1S/C39H33N.2C2H6/c1-38(2,3)30-12-9-11-27(24-30)36-32-13-5-7-15-34(32)37(35-16-8-6-14-33(35)36)28-18-17-26-19-20-31(25-29(26)23-28)39(4)21-10-22-40-39;2*1-2/h5-25H,1-4H3;2*1-2H3. The Hall–Kier alpha value is -4.49. The number of fused-ring (bicyclic) bond motifs is 3. The van der Waals surface area contributed by atoms with Gasteiger partial charge < -0.3 is 0 Å². The fourth-order valence-corrected chi connectivity index (χ4v) is 6.25. The smallest absolute Gasteiger partial charge is 0.101 e. The predicted molar refractivity (Wildman–Crippen MR) is 196 cm³/mol. The van der Waals surface area contributed by atoms with Crippen molar-refractivity contribution >= 4 is 38.5 Å². The van der Waals surface area contributed by atoms with Crippen LogP contribution < -0.4 is 0 Å². The highest BCUT2D eigenvalue weighted by Crippen LogP contribution is 2.45. The van der Waals surface area contributed by atoms with E-state index in [1.807, 2.05) is 40.0 Å². The molecule has 1 heterocycles. The van der Waals surface area contributed by atoms with Crippen LogP contribution in [0.1, 0.15) is 66.5 Å². The van der Waals surface area contributed by atoms with Crippen LogP contribution in [0.15, 0.2) is 126 Å². The molecule has 0 aliphatic carbocycles. The summed E-state index contributed by atoms with van der Waals surface area (Å²) >= 11 is 0. The minimum absolute atomic E-state index is 0.0855. The highest BCUT2D eigenvalue weighted by atomic mass is 14.8. The highest BCUT2D eigenvalue weighted by Gasteiger charge is 2.24. The van der Waals surface area contributed by atoms with Crippen LogP contribution in [0.5, 0.6) is 0 Å². The maximum Gasteiger partial charge on any atom is 0.101 e. The zero-order valence-corrected chi connectivity index (χ0v) is 27.6. The molecule has 0 spiro atoms. The van der Waals surface area contributed by atoms with Gasteiger partial charge in [0, 0.05) is 6.21 Å². The van der Waals surface area contributed by atoms with Gasteiger partial charge in [-0.15, -0.1) is 0 Å². The molecule has 0 aromatic heterocycles. The third kappa shape index (κ3) is 5.60. The van der Waals surface area contributed by atoms with Crippen molar-refractivity contribution in [1.82, 2.24) is 0 Å². The van der Waals surface area contributed by atoms with Gasteiger partial charge in [-0.3, -0.25) is 4.99 Å². The van der Waals surface area contributed by atoms with Crippen LogP contribution >= 0.6 is 0 Å². The van der Waals surface area contributed by atoms with Gasteiger partial charge in [0.05, 0.1) is 0 Å². The molecule has 0 N–H and O–H groups in total. The number of hydrogen-bond acceptors (Lipinski definition) is 1. The van der Waals surface area contributed by atoms with E-state index in [2.05, 4.69) is 143 Å². The van der Waals surface area contributed by atoms with Crippen LogP contribution in [0.3, 0.4) is 0 Å². The van der Waals surface area contributed by atoms with Crippen LogP contribution in [0.2, 0.25) is 0 Å². The lowest BCUT2D eigenvalue weighted by Crippen LogP contribution is -2.13. The lowest BCUT2D eigenvalue weighted by atomic mass is 9.82. The molecule has 0 saturated carbocycles. The summed E-state index contributed by atoms with van der Waals surface area (Å²) in [5, 5.41) is 7.61. The van der Waals surface area contributed by atoms with Crippen molar-refractivity contribution in [1.29, 1.82) is 0 Å². The molecule has 0 amide bonds. The minimum atomic E-state index is -0.299. The van der Waals surface area contributed by atoms with Crippen molar-refractivity contribution in [3.63, 3.8) is 0 Å². The maximum absolute atomic E-state index is 4.73. The summed E-state index contributed by atoms with van der Waals surface area (Å²) in [5.74, 6) is 0. The third-order valence-corrected chi connectivity index (χ3v) is 8.51. The Morgan fingerprint density at radius 3 is 1.61 bits per heavy atom. The fourth-order valence-electron chi connectivity index (χ4n) is 6.25. The van der Waals surface area contributed by atoms with E-state index in [0.29, 0.717) is 0 Å². The summed E-state index contributed by atoms with van der Waals surface area (Å²) in [5.41, 5.74) is 7.46. The molecule has 0 saturated heterocycles. The third-order valence-electron chi connectivity index (χ3n) is 8.51. The highest BCUT2D eigenvalue weighted by molar-refractivity contribution is 6.21. The summed E-state index contributed by atoms with van der Waals surface area (Å²) < 4.78 is 0. The molecule has 1 atom stereocenters. The molecule has 0 radical (unpaired) electrons. The average molecular weight is 576 g/mol. The molecule has 222 valence electrons. The largest absolute Gasteiger partial charge is 0.278 e. The molecular weight excluding hydrogens is 530 g/mol. The molecule has 1 aliphatic rings. The maximum atomic E-state index is 4.73. The predicted octanol–water partition coefficient (Wildman–Crippen LogP) is 12.7. The summed E-state index contributed by atoms with van der Waals surface area (Å²) in [6, 6.07) is 40.6. The van der Waals surface area contributed by atoms with Gasteiger partial charge >= 0.3 is 0 Å². The van der Waals surface area contributed by atoms with Crippen LogP contribution in [-0.2, 0) is 11.0 Å². The van der Waals surface area contributed by atoms with Gasteiger partial charge in [-0.2, -0.15) is 0 Å². The van der Waals surface area contributed by atoms with E-state index in [9.17, 15) is 0 Å². The molecule has 44 heavy (non-hydrogen) atoms. The second kappa shape index (κ2) is 12.6. The Morgan fingerprint density at radius 1 is 0.545 bits per heavy atom. The van der Waals surface area contributed by atoms with Crippen molar-refractivity contribution in [2.24, 2.45) is 4.99 Å². The molecule has 1 nitrogen and oxygen atoms in total. The first-order chi connectivity index (χ1) is 21.3. The van der Waals surface area contributed by atoms with E-state index in [1.54, 1.807) is 0 Å². The molecular formula is C43H45N. The Bertz CT molecular complexity index is 1930. The van der Waals surface area contributed by atoms with E-state index in [0.717, 1.165) is 0 Å². The summed E-state index contributed by atoms with van der Waals surface area (Å²) in [6.45, 7) is 17.0. The fraction of sp³-hybridized carbons (Fsp3) is 0.233. The van der Waals surface area contributed by atoms with Crippen molar-refractivity contribution < 1.29 is 0 Å². The van der Waals surface area contributed by atoms with Gasteiger partial charge in [0.1, 0.15) is 5.54 Å². The Morgan fingerprint density at radius 2 is 1.09 bits per heavy atom. The number of allylic oxidation sites excluding steroid dienone is 1. The van der Waals surface area contributed by atoms with Crippen LogP contribution in [0.4, 0.5) is 0 Å². The monoisotopic (exact) mass is 575 g/mol. The topological polar surface area (TPSA) is 12.4 Å². The van der Waals surface area contributed by atoms with Gasteiger partial charge in [0.15, 0.2) is 0 Å². The van der Waals surface area contributed by atoms with Crippen LogP contribution in [-0.4, -0.2) is 6.21 Å². The zero-order chi connectivity index (χ0) is 31.5. The summed E-state index contributed by atoms with van der Waals surface area (Å²) in [6.07, 6.45) is 6.11. The molecule has 0 fully saturated rings. The SMILES string of the molecule is CC.CC.CC(C)(C)c1cccc(-c2c3ccccc3c(-c3ccc4ccc(C5(C)C=CC=N5)cc4c3)c3ccccc23)c1. The van der Waals surface area contributed by atoms with Gasteiger partial charge in [0.25, 0.3) is 0 Å². The van der Waals surface area contributed by atoms with Crippen LogP contribution in [0.25, 0.3) is 54.6 Å². The first-order valence-corrected chi connectivity index (χ1v) is 16.1. The van der Waals surface area contributed by atoms with E-state index >= 15 is 0 Å². The molecule has 1 unspecified atom stereocenters. The van der Waals surface area contributed by atoms with E-state index in [-0.39, 0.29) is 11.0 Å². The van der Waals surface area contributed by atoms with Gasteiger partial charge in [-0.25, -0.2) is 0 Å². The molecule has 0 bridgehead atoms. The number of nitrogens with zero attached hydrogens (tertiary/aromatic N) is 1. The van der Waals surface area contributed by atoms with Crippen molar-refractivity contribution in [3.05, 3.63) is 132 Å². The molecule has 6 aromatic carbocycles. The zero-order valence-electron chi connectivity index (χ0n) is 27.6. The molecule has 6 aromatic rings. The summed E-state index contributed by atoms with van der Waals surface area (Å²) in [7, 11) is 0. The van der Waals surface area contributed by atoms with Crippen LogP contribution in [0, 0.1) is 0 Å². The quantitative estimate of drug-likeness (QED) is 0.186. The molecule has 7 rings (SSSR count). The first kappa shape index (κ1) is 31.0. The number of aliphatic imine (C=N–C) groups is 1. The molecule has 1 heteroatoms. The number of hydrogen-bond donors (Lipinski definition) is 0. The summed E-state index contributed by atoms with van der Waals surface area (Å²) in [4.78, 5) is 4.73. The van der Waals surface area contributed by atoms with E-state index < -0.39 is 0 Å². The first-order valence-electron chi connectivity index (χ1n) is 16.1. The van der Waals surface area contributed by atoms with Gasteiger partial charge in [-0.1, -0.05) is 152 Å². The average Bonchev–Trinajstić information content (AvgIpc) is 3.52. The number of benzene rings is 6. The lowest BCUT2D eigenvalue weighted by Gasteiger charge is -2.22. The van der Waals surface area contributed by atoms with Gasteiger partial charge in [-0.05, 0) is 96.2 Å². The van der Waals surface area contributed by atoms with E-state index in [1.165, 1.54) is 65.7 Å².